The molecule has 0 spiro atoms. The number of rotatable bonds is 4. The predicted octanol–water partition coefficient (Wildman–Crippen LogP) is 9.51. The summed E-state index contributed by atoms with van der Waals surface area (Å²) in [6.45, 7) is 5.01. The van der Waals surface area contributed by atoms with Crippen molar-refractivity contribution in [2.24, 2.45) is 0 Å². The molecule has 7 rings (SSSR count). The second-order valence-electron chi connectivity index (χ2n) is 11.8. The smallest absolute Gasteiger partial charge is 0.120 e. The van der Waals surface area contributed by atoms with Gasteiger partial charge in [-0.3, -0.25) is 0 Å². The summed E-state index contributed by atoms with van der Waals surface area (Å²) >= 11 is 0. The SMILES string of the molecule is C[Si](C)(C)c1cccc2c1oc1c(-c3ccc(C4CCCC4)cn3)[c-]ccc12.[2H]C([2H])([2H])c1ccc(-c2[c-]cccc2)nc1.[Ir]. The number of nitrogens with zero attached hydrogens (tertiary/aromatic N) is 2. The summed E-state index contributed by atoms with van der Waals surface area (Å²) in [5.74, 6) is 0.687. The summed E-state index contributed by atoms with van der Waals surface area (Å²) in [6.07, 6.45) is 8.74. The molecule has 3 aromatic carbocycles. The monoisotopic (exact) mass is 748 g/mol. The van der Waals surface area contributed by atoms with Crippen molar-refractivity contribution in [3.8, 4) is 22.5 Å². The molecular weight excluding hydrogens is 709 g/mol. The van der Waals surface area contributed by atoms with Gasteiger partial charge in [-0.1, -0.05) is 85.9 Å². The van der Waals surface area contributed by atoms with Crippen molar-refractivity contribution in [1.82, 2.24) is 9.97 Å². The normalized spacial score (nSPS) is 14.9. The standard InChI is InChI=1S/C25H26NOSi.C12H10N.Ir/c1-28(2,3)23-13-7-11-20-19-10-6-12-21(24(19)27-25(20)23)22-15-14-18(16-26-22)17-8-4-5-9-17;1-10-7-8-12(13-9-10)11-5-3-2-4-6-11;/h6-7,10-11,13-17H,4-5,8-9H2,1-3H3;2-5,7-9H,1H3;/q2*-1;/i;1D3;. The van der Waals surface area contributed by atoms with Crippen molar-refractivity contribution < 1.29 is 28.6 Å². The molecule has 42 heavy (non-hydrogen) atoms. The third-order valence-corrected chi connectivity index (χ3v) is 9.89. The van der Waals surface area contributed by atoms with Crippen LogP contribution in [0.2, 0.25) is 19.6 Å². The molecule has 3 heterocycles. The summed E-state index contributed by atoms with van der Waals surface area (Å²) in [4.78, 5) is 8.93. The third-order valence-electron chi connectivity index (χ3n) is 7.88. The van der Waals surface area contributed by atoms with Crippen molar-refractivity contribution in [3.05, 3.63) is 115 Å². The van der Waals surface area contributed by atoms with Crippen LogP contribution in [0.15, 0.2) is 95.7 Å². The van der Waals surface area contributed by atoms with Crippen LogP contribution in [0.5, 0.6) is 0 Å². The quantitative estimate of drug-likeness (QED) is 0.133. The maximum Gasteiger partial charge on any atom is 0.120 e. The van der Waals surface area contributed by atoms with Crippen LogP contribution in [-0.4, -0.2) is 18.0 Å². The molecule has 215 valence electrons. The second-order valence-corrected chi connectivity index (χ2v) is 16.8. The van der Waals surface area contributed by atoms with Gasteiger partial charge in [0.15, 0.2) is 0 Å². The van der Waals surface area contributed by atoms with Crippen LogP contribution >= 0.6 is 0 Å². The van der Waals surface area contributed by atoms with Crippen LogP contribution in [0.25, 0.3) is 44.5 Å². The predicted molar refractivity (Wildman–Crippen MR) is 173 cm³/mol. The number of aromatic nitrogens is 2. The van der Waals surface area contributed by atoms with Gasteiger partial charge in [0.1, 0.15) is 5.58 Å². The van der Waals surface area contributed by atoms with Gasteiger partial charge in [0, 0.05) is 42.0 Å². The molecule has 1 radical (unpaired) electrons. The fourth-order valence-corrected chi connectivity index (χ4v) is 7.17. The molecule has 0 saturated heterocycles. The number of aryl methyl sites for hydroxylation is 1. The second kappa shape index (κ2) is 12.9. The average molecular weight is 748 g/mol. The van der Waals surface area contributed by atoms with Crippen molar-refractivity contribution in [3.63, 3.8) is 0 Å². The van der Waals surface area contributed by atoms with E-state index < -0.39 is 14.9 Å². The van der Waals surface area contributed by atoms with Crippen molar-refractivity contribution in [2.45, 2.75) is 58.1 Å². The van der Waals surface area contributed by atoms with Crippen LogP contribution in [-0.2, 0) is 20.1 Å². The van der Waals surface area contributed by atoms with E-state index in [9.17, 15) is 0 Å². The van der Waals surface area contributed by atoms with Crippen molar-refractivity contribution in [2.75, 3.05) is 0 Å². The number of fused-ring (bicyclic) bond motifs is 3. The average Bonchev–Trinajstić information content (AvgIpc) is 3.70. The van der Waals surface area contributed by atoms with Gasteiger partial charge < -0.3 is 14.4 Å². The Bertz CT molecular complexity index is 1870. The molecule has 3 aromatic heterocycles. The molecular formula is C37H36IrN2OSi-2. The summed E-state index contributed by atoms with van der Waals surface area (Å²) in [5.41, 5.74) is 7.08. The third kappa shape index (κ3) is 6.34. The molecule has 1 aliphatic carbocycles. The zero-order valence-corrected chi connectivity index (χ0v) is 27.6. The Labute approximate surface area is 268 Å². The van der Waals surface area contributed by atoms with E-state index in [0.29, 0.717) is 5.92 Å². The van der Waals surface area contributed by atoms with E-state index in [2.05, 4.69) is 79.4 Å². The molecule has 0 bridgehead atoms. The van der Waals surface area contributed by atoms with Gasteiger partial charge in [0.2, 0.25) is 0 Å². The fraction of sp³-hybridized carbons (Fsp3) is 0.243. The molecule has 0 unspecified atom stereocenters. The first-order chi connectivity index (χ1) is 21.1. The fourth-order valence-electron chi connectivity index (χ4n) is 5.70. The van der Waals surface area contributed by atoms with Crippen molar-refractivity contribution in [1.29, 1.82) is 0 Å². The first kappa shape index (κ1) is 26.3. The number of furan rings is 1. The zero-order chi connectivity index (χ0) is 30.9. The first-order valence-electron chi connectivity index (χ1n) is 15.9. The molecule has 0 amide bonds. The van der Waals surface area contributed by atoms with Gasteiger partial charge in [0.05, 0.1) is 13.7 Å². The first-order valence-corrected chi connectivity index (χ1v) is 17.9. The largest absolute Gasteiger partial charge is 0.501 e. The Morgan fingerprint density at radius 1 is 0.786 bits per heavy atom. The van der Waals surface area contributed by atoms with Gasteiger partial charge in [-0.05, 0) is 53.3 Å². The van der Waals surface area contributed by atoms with E-state index in [1.165, 1.54) is 48.0 Å². The minimum absolute atomic E-state index is 0. The van der Waals surface area contributed by atoms with Crippen LogP contribution in [0.1, 0.15) is 46.8 Å². The molecule has 0 N–H and O–H groups in total. The Hall–Kier alpha value is -3.37. The summed E-state index contributed by atoms with van der Waals surface area (Å²) in [6, 6.07) is 32.2. The van der Waals surface area contributed by atoms with Crippen LogP contribution in [0, 0.1) is 19.0 Å². The topological polar surface area (TPSA) is 38.9 Å². The van der Waals surface area contributed by atoms with E-state index in [1.807, 2.05) is 24.3 Å². The molecule has 0 atom stereocenters. The molecule has 1 fully saturated rings. The number of hydrogen-bond donors (Lipinski definition) is 0. The van der Waals surface area contributed by atoms with E-state index in [4.69, 9.17) is 13.5 Å². The number of pyridine rings is 2. The van der Waals surface area contributed by atoms with Gasteiger partial charge in [0.25, 0.3) is 0 Å². The van der Waals surface area contributed by atoms with E-state index in [0.717, 1.165) is 39.1 Å². The number of para-hydroxylation sites is 1. The molecule has 1 saturated carbocycles. The Morgan fingerprint density at radius 2 is 1.57 bits per heavy atom. The Morgan fingerprint density at radius 3 is 2.24 bits per heavy atom. The Kier molecular flexibility index (Phi) is 8.05. The summed E-state index contributed by atoms with van der Waals surface area (Å²) < 4.78 is 28.2. The van der Waals surface area contributed by atoms with Gasteiger partial charge in [-0.15, -0.1) is 54.1 Å². The van der Waals surface area contributed by atoms with Crippen molar-refractivity contribution >= 4 is 35.2 Å². The van der Waals surface area contributed by atoms with E-state index in [1.54, 1.807) is 18.2 Å². The van der Waals surface area contributed by atoms with E-state index in [-0.39, 0.29) is 25.7 Å². The number of hydrogen-bond acceptors (Lipinski definition) is 3. The molecule has 5 heteroatoms. The molecule has 6 aromatic rings. The Balaban J connectivity index is 0.000000202. The van der Waals surface area contributed by atoms with Gasteiger partial charge in [-0.2, -0.15) is 0 Å². The molecule has 3 nitrogen and oxygen atoms in total. The maximum absolute atomic E-state index is 7.23. The van der Waals surface area contributed by atoms with Gasteiger partial charge in [-0.25, -0.2) is 0 Å². The van der Waals surface area contributed by atoms with Crippen LogP contribution < -0.4 is 5.19 Å². The molecule has 0 aliphatic heterocycles. The zero-order valence-electron chi connectivity index (χ0n) is 27.2. The van der Waals surface area contributed by atoms with Crippen LogP contribution in [0.4, 0.5) is 0 Å². The minimum Gasteiger partial charge on any atom is -0.501 e. The van der Waals surface area contributed by atoms with E-state index >= 15 is 0 Å². The molecule has 1 aliphatic rings. The summed E-state index contributed by atoms with van der Waals surface area (Å²) in [7, 11) is -1.50. The number of benzene rings is 3. The van der Waals surface area contributed by atoms with Gasteiger partial charge >= 0.3 is 0 Å². The minimum atomic E-state index is -2.09. The van der Waals surface area contributed by atoms with Crippen LogP contribution in [0.3, 0.4) is 0 Å². The maximum atomic E-state index is 7.23. The summed E-state index contributed by atoms with van der Waals surface area (Å²) in [5, 5.41) is 3.73.